The highest BCUT2D eigenvalue weighted by molar-refractivity contribution is 5.85. The second-order valence-corrected chi connectivity index (χ2v) is 6.23. The number of benzene rings is 1. The van der Waals surface area contributed by atoms with E-state index in [1.165, 1.54) is 0 Å². The highest BCUT2D eigenvalue weighted by atomic mass is 35.5. The summed E-state index contributed by atoms with van der Waals surface area (Å²) >= 11 is 0. The minimum atomic E-state index is -0.386. The lowest BCUT2D eigenvalue weighted by Gasteiger charge is -2.24. The van der Waals surface area contributed by atoms with E-state index in [0.717, 1.165) is 11.3 Å². The van der Waals surface area contributed by atoms with Crippen molar-refractivity contribution in [3.63, 3.8) is 0 Å². The van der Waals surface area contributed by atoms with Crippen LogP contribution >= 0.6 is 12.4 Å². The number of hydrogen-bond donors (Lipinski definition) is 2. The van der Waals surface area contributed by atoms with Gasteiger partial charge in [-0.1, -0.05) is 5.16 Å². The molecular formula is C17H25ClN4O3. The number of nitrogens with one attached hydrogen (secondary N) is 1. The van der Waals surface area contributed by atoms with Crippen molar-refractivity contribution >= 4 is 18.3 Å². The zero-order chi connectivity index (χ0) is 17.6. The van der Waals surface area contributed by atoms with Gasteiger partial charge in [0.15, 0.2) is 0 Å². The molecule has 0 radical (unpaired) electrons. The van der Waals surface area contributed by atoms with Gasteiger partial charge in [-0.25, -0.2) is 0 Å². The summed E-state index contributed by atoms with van der Waals surface area (Å²) < 4.78 is 10.4. The first-order valence-corrected chi connectivity index (χ1v) is 7.91. The van der Waals surface area contributed by atoms with Crippen molar-refractivity contribution in [2.75, 3.05) is 13.7 Å². The molecular weight excluding hydrogens is 344 g/mol. The summed E-state index contributed by atoms with van der Waals surface area (Å²) in [5.74, 6) is 1.79. The topological polar surface area (TPSA) is 103 Å². The van der Waals surface area contributed by atoms with Crippen molar-refractivity contribution in [3.05, 3.63) is 30.2 Å². The number of nitrogens with zero attached hydrogens (tertiary/aromatic N) is 2. The maximum atomic E-state index is 11.8. The Morgan fingerprint density at radius 3 is 2.60 bits per heavy atom. The lowest BCUT2D eigenvalue weighted by Crippen LogP contribution is -2.48. The third-order valence-electron chi connectivity index (χ3n) is 3.60. The number of ether oxygens (including phenoxy) is 1. The second kappa shape index (κ2) is 9.39. The molecule has 0 saturated carbocycles. The SMILES string of the molecule is COc1ccc(-c2noc(CCCC(=O)NC(C)(C)CN)n2)cc1.Cl. The number of hydrogen-bond acceptors (Lipinski definition) is 6. The van der Waals surface area contributed by atoms with Crippen molar-refractivity contribution in [2.45, 2.75) is 38.6 Å². The van der Waals surface area contributed by atoms with Crippen LogP contribution in [0.2, 0.25) is 0 Å². The minimum Gasteiger partial charge on any atom is -0.497 e. The van der Waals surface area contributed by atoms with E-state index < -0.39 is 0 Å². The Labute approximate surface area is 153 Å². The van der Waals surface area contributed by atoms with E-state index in [1.807, 2.05) is 38.1 Å². The first-order chi connectivity index (χ1) is 11.4. The van der Waals surface area contributed by atoms with Crippen LogP contribution < -0.4 is 15.8 Å². The Bertz CT molecular complexity index is 671. The Morgan fingerprint density at radius 2 is 2.00 bits per heavy atom. The maximum Gasteiger partial charge on any atom is 0.226 e. The van der Waals surface area contributed by atoms with Crippen molar-refractivity contribution in [1.82, 2.24) is 15.5 Å². The molecule has 0 fully saturated rings. The van der Waals surface area contributed by atoms with Crippen LogP contribution in [0.3, 0.4) is 0 Å². The number of methoxy groups -OCH3 is 1. The van der Waals surface area contributed by atoms with Gasteiger partial charge < -0.3 is 20.3 Å². The van der Waals surface area contributed by atoms with E-state index in [0.29, 0.717) is 37.5 Å². The molecule has 138 valence electrons. The number of carbonyl (C=O) groups is 1. The third-order valence-corrected chi connectivity index (χ3v) is 3.60. The smallest absolute Gasteiger partial charge is 0.226 e. The van der Waals surface area contributed by atoms with Crippen LogP contribution in [0.25, 0.3) is 11.4 Å². The number of amides is 1. The zero-order valence-corrected chi connectivity index (χ0v) is 15.6. The lowest BCUT2D eigenvalue weighted by atomic mass is 10.1. The molecule has 1 aromatic carbocycles. The molecule has 0 unspecified atom stereocenters. The average Bonchev–Trinajstić information content (AvgIpc) is 3.03. The molecule has 8 heteroatoms. The Hall–Kier alpha value is -2.12. The van der Waals surface area contributed by atoms with Crippen LogP contribution in [-0.4, -0.2) is 35.2 Å². The molecule has 7 nitrogen and oxygen atoms in total. The van der Waals surface area contributed by atoms with E-state index in [-0.39, 0.29) is 23.9 Å². The first kappa shape index (κ1) is 20.9. The third kappa shape index (κ3) is 6.36. The van der Waals surface area contributed by atoms with Crippen LogP contribution in [-0.2, 0) is 11.2 Å². The monoisotopic (exact) mass is 368 g/mol. The summed E-state index contributed by atoms with van der Waals surface area (Å²) in [6.45, 7) is 4.18. The van der Waals surface area contributed by atoms with Crippen molar-refractivity contribution in [3.8, 4) is 17.1 Å². The number of halogens is 1. The van der Waals surface area contributed by atoms with Gasteiger partial charge >= 0.3 is 0 Å². The average molecular weight is 369 g/mol. The van der Waals surface area contributed by atoms with E-state index in [1.54, 1.807) is 7.11 Å². The van der Waals surface area contributed by atoms with Gasteiger partial charge in [-0.05, 0) is 44.5 Å². The van der Waals surface area contributed by atoms with Gasteiger partial charge in [0, 0.05) is 30.5 Å². The molecule has 3 N–H and O–H groups in total. The van der Waals surface area contributed by atoms with Gasteiger partial charge in [-0.2, -0.15) is 4.98 Å². The largest absolute Gasteiger partial charge is 0.497 e. The number of nitrogens with two attached hydrogens (primary N) is 1. The van der Waals surface area contributed by atoms with E-state index in [2.05, 4.69) is 15.5 Å². The fraction of sp³-hybridized carbons (Fsp3) is 0.471. The van der Waals surface area contributed by atoms with Crippen LogP contribution in [0, 0.1) is 0 Å². The number of carbonyl (C=O) groups excluding carboxylic acids is 1. The van der Waals surface area contributed by atoms with Gasteiger partial charge in [0.1, 0.15) is 5.75 Å². The molecule has 0 aliphatic rings. The molecule has 0 aliphatic carbocycles. The summed E-state index contributed by atoms with van der Waals surface area (Å²) in [6, 6.07) is 7.43. The zero-order valence-electron chi connectivity index (χ0n) is 14.7. The molecule has 1 amide bonds. The van der Waals surface area contributed by atoms with Crippen molar-refractivity contribution in [2.24, 2.45) is 5.73 Å². The predicted molar refractivity (Wildman–Crippen MR) is 97.7 cm³/mol. The quantitative estimate of drug-likeness (QED) is 0.741. The maximum absolute atomic E-state index is 11.8. The van der Waals surface area contributed by atoms with Crippen LogP contribution in [0.4, 0.5) is 0 Å². The standard InChI is InChI=1S/C17H24N4O3.ClH/c1-17(2,11-18)20-14(22)5-4-6-15-19-16(21-24-15)12-7-9-13(23-3)10-8-12;/h7-10H,4-6,11,18H2,1-3H3,(H,20,22);1H. The van der Waals surface area contributed by atoms with Gasteiger partial charge in [0.25, 0.3) is 0 Å². The van der Waals surface area contributed by atoms with Gasteiger partial charge in [0.2, 0.25) is 17.6 Å². The fourth-order valence-electron chi connectivity index (χ4n) is 2.10. The lowest BCUT2D eigenvalue weighted by molar-refractivity contribution is -0.122. The summed E-state index contributed by atoms with van der Waals surface area (Å²) in [7, 11) is 1.62. The molecule has 1 heterocycles. The summed E-state index contributed by atoms with van der Waals surface area (Å²) in [5.41, 5.74) is 6.06. The highest BCUT2D eigenvalue weighted by Crippen LogP contribution is 2.20. The Morgan fingerprint density at radius 1 is 1.32 bits per heavy atom. The van der Waals surface area contributed by atoms with Crippen LogP contribution in [0.5, 0.6) is 5.75 Å². The molecule has 0 bridgehead atoms. The summed E-state index contributed by atoms with van der Waals surface area (Å²) in [5, 5.41) is 6.86. The molecule has 2 rings (SSSR count). The molecule has 25 heavy (non-hydrogen) atoms. The van der Waals surface area contributed by atoms with Gasteiger partial charge in [-0.3, -0.25) is 4.79 Å². The van der Waals surface area contributed by atoms with E-state index >= 15 is 0 Å². The molecule has 0 spiro atoms. The second-order valence-electron chi connectivity index (χ2n) is 6.23. The predicted octanol–water partition coefficient (Wildman–Crippen LogP) is 2.34. The van der Waals surface area contributed by atoms with Crippen molar-refractivity contribution in [1.29, 1.82) is 0 Å². The Kier molecular flexibility index (Phi) is 7.86. The normalized spacial score (nSPS) is 10.9. The van der Waals surface area contributed by atoms with Gasteiger partial charge in [0.05, 0.1) is 7.11 Å². The molecule has 0 atom stereocenters. The van der Waals surface area contributed by atoms with E-state index in [9.17, 15) is 4.79 Å². The number of aromatic nitrogens is 2. The molecule has 0 saturated heterocycles. The summed E-state index contributed by atoms with van der Waals surface area (Å²) in [6.07, 6.45) is 1.58. The van der Waals surface area contributed by atoms with E-state index in [4.69, 9.17) is 15.0 Å². The van der Waals surface area contributed by atoms with Crippen molar-refractivity contribution < 1.29 is 14.1 Å². The summed E-state index contributed by atoms with van der Waals surface area (Å²) in [4.78, 5) is 16.2. The molecule has 1 aromatic heterocycles. The number of rotatable bonds is 8. The molecule has 0 aliphatic heterocycles. The minimum absolute atomic E-state index is 0. The van der Waals surface area contributed by atoms with Crippen LogP contribution in [0.15, 0.2) is 28.8 Å². The van der Waals surface area contributed by atoms with Gasteiger partial charge in [-0.15, -0.1) is 12.4 Å². The molecule has 2 aromatic rings. The number of aryl methyl sites for hydroxylation is 1. The van der Waals surface area contributed by atoms with Crippen LogP contribution in [0.1, 0.15) is 32.6 Å². The fourth-order valence-corrected chi connectivity index (χ4v) is 2.10. The highest BCUT2D eigenvalue weighted by Gasteiger charge is 2.18. The first-order valence-electron chi connectivity index (χ1n) is 7.91. The Balaban J connectivity index is 0.00000312.